The number of aliphatic carboxylic acids is 1. The Labute approximate surface area is 132 Å². The molecule has 0 aliphatic rings. The zero-order valence-corrected chi connectivity index (χ0v) is 13.5. The Kier molecular flexibility index (Phi) is 4.69. The minimum Gasteiger partial charge on any atom is -0.481 e. The molecule has 0 bridgehead atoms. The summed E-state index contributed by atoms with van der Waals surface area (Å²) in [5.41, 5.74) is 0.889. The number of thioether (sulfide) groups is 1. The molecule has 0 unspecified atom stereocenters. The van der Waals surface area contributed by atoms with Crippen LogP contribution in [0.5, 0.6) is 0 Å². The first-order valence-corrected chi connectivity index (χ1v) is 7.65. The van der Waals surface area contributed by atoms with E-state index in [0.29, 0.717) is 16.0 Å². The number of halogens is 2. The molecule has 1 aromatic carbocycles. The fraction of sp³-hybridized carbons (Fsp3) is 0.182. The summed E-state index contributed by atoms with van der Waals surface area (Å²) < 4.78 is 2.77. The van der Waals surface area contributed by atoms with E-state index in [-0.39, 0.29) is 5.75 Å². The quantitative estimate of drug-likeness (QED) is 0.621. The number of carboxylic acids is 1. The summed E-state index contributed by atoms with van der Waals surface area (Å²) in [6.07, 6.45) is 0. The highest BCUT2D eigenvalue weighted by Crippen LogP contribution is 2.27. The van der Waals surface area contributed by atoms with E-state index < -0.39 is 5.97 Å². The number of hydrogen-bond acceptors (Lipinski definition) is 4. The van der Waals surface area contributed by atoms with Crippen LogP contribution in [-0.2, 0) is 4.79 Å². The summed E-state index contributed by atoms with van der Waals surface area (Å²) in [7, 11) is 0. The Morgan fingerprint density at radius 3 is 2.89 bits per heavy atom. The smallest absolute Gasteiger partial charge is 0.313 e. The number of hydrogen-bond donors (Lipinski definition) is 1. The van der Waals surface area contributed by atoms with Crippen LogP contribution in [0, 0.1) is 10.5 Å². The first-order chi connectivity index (χ1) is 8.99. The third kappa shape index (κ3) is 3.40. The predicted molar refractivity (Wildman–Crippen MR) is 82.2 cm³/mol. The number of aryl methyl sites for hydroxylation is 1. The van der Waals surface area contributed by atoms with Crippen LogP contribution in [0.4, 0.5) is 0 Å². The van der Waals surface area contributed by atoms with Gasteiger partial charge in [-0.15, -0.1) is 10.2 Å². The topological polar surface area (TPSA) is 68.0 Å². The molecule has 0 saturated carbocycles. The van der Waals surface area contributed by atoms with Gasteiger partial charge in [0, 0.05) is 8.59 Å². The van der Waals surface area contributed by atoms with Crippen LogP contribution in [0.25, 0.3) is 5.69 Å². The van der Waals surface area contributed by atoms with Crippen LogP contribution >= 0.6 is 46.0 Å². The summed E-state index contributed by atoms with van der Waals surface area (Å²) in [4.78, 5) is 10.6. The molecule has 0 aliphatic heterocycles. The van der Waals surface area contributed by atoms with Crippen molar-refractivity contribution in [1.82, 2.24) is 14.8 Å². The summed E-state index contributed by atoms with van der Waals surface area (Å²) in [5.74, 6) is -0.237. The molecule has 0 saturated heterocycles. The minimum atomic E-state index is -0.886. The summed E-state index contributed by atoms with van der Waals surface area (Å²) in [6.45, 7) is 1.82. The van der Waals surface area contributed by atoms with E-state index in [2.05, 4.69) is 32.8 Å². The molecule has 0 atom stereocenters. The number of carboxylic acid groups (broad SMARTS) is 1. The molecular formula is C11H9ClIN3O2S. The Bertz CT molecular complexity index is 632. The molecule has 1 N–H and O–H groups in total. The summed E-state index contributed by atoms with van der Waals surface area (Å²) >= 11 is 9.25. The molecule has 100 valence electrons. The second-order valence-electron chi connectivity index (χ2n) is 3.64. The maximum atomic E-state index is 10.6. The second kappa shape index (κ2) is 6.10. The van der Waals surface area contributed by atoms with Crippen molar-refractivity contribution >= 4 is 51.9 Å². The van der Waals surface area contributed by atoms with Crippen LogP contribution in [0.2, 0.25) is 5.02 Å². The predicted octanol–water partition coefficient (Wildman–Crippen LogP) is 3.01. The van der Waals surface area contributed by atoms with Gasteiger partial charge < -0.3 is 5.11 Å². The third-order valence-electron chi connectivity index (χ3n) is 2.27. The number of aromatic nitrogens is 3. The zero-order valence-electron chi connectivity index (χ0n) is 9.80. The Morgan fingerprint density at radius 2 is 2.26 bits per heavy atom. The highest BCUT2D eigenvalue weighted by Gasteiger charge is 2.15. The lowest BCUT2D eigenvalue weighted by Crippen LogP contribution is -2.04. The van der Waals surface area contributed by atoms with Crippen molar-refractivity contribution in [3.63, 3.8) is 0 Å². The van der Waals surface area contributed by atoms with E-state index >= 15 is 0 Å². The second-order valence-corrected chi connectivity index (χ2v) is 6.18. The van der Waals surface area contributed by atoms with Gasteiger partial charge in [-0.3, -0.25) is 9.36 Å². The highest BCUT2D eigenvalue weighted by molar-refractivity contribution is 14.1. The van der Waals surface area contributed by atoms with Gasteiger partial charge in [-0.25, -0.2) is 0 Å². The number of benzene rings is 1. The van der Waals surface area contributed by atoms with Crippen molar-refractivity contribution in [1.29, 1.82) is 0 Å². The average molecular weight is 410 g/mol. The summed E-state index contributed by atoms with van der Waals surface area (Å²) in [5, 5.41) is 17.9. The molecule has 0 radical (unpaired) electrons. The summed E-state index contributed by atoms with van der Waals surface area (Å²) in [6, 6.07) is 5.48. The monoisotopic (exact) mass is 409 g/mol. The van der Waals surface area contributed by atoms with Gasteiger partial charge in [-0.1, -0.05) is 23.4 Å². The van der Waals surface area contributed by atoms with E-state index in [1.165, 1.54) is 0 Å². The lowest BCUT2D eigenvalue weighted by Gasteiger charge is -2.10. The molecule has 0 fully saturated rings. The lowest BCUT2D eigenvalue weighted by molar-refractivity contribution is -0.133. The normalized spacial score (nSPS) is 10.7. The van der Waals surface area contributed by atoms with E-state index in [9.17, 15) is 4.79 Å². The van der Waals surface area contributed by atoms with Gasteiger partial charge in [-0.2, -0.15) is 0 Å². The molecule has 1 aromatic heterocycles. The van der Waals surface area contributed by atoms with E-state index in [0.717, 1.165) is 21.0 Å². The number of nitrogens with zero attached hydrogens (tertiary/aromatic N) is 3. The largest absolute Gasteiger partial charge is 0.481 e. The van der Waals surface area contributed by atoms with Gasteiger partial charge in [0.05, 0.1) is 11.4 Å². The van der Waals surface area contributed by atoms with Crippen LogP contribution in [0.3, 0.4) is 0 Å². The fourth-order valence-corrected chi connectivity index (χ4v) is 3.33. The van der Waals surface area contributed by atoms with Crippen LogP contribution in [0.1, 0.15) is 5.82 Å². The fourth-order valence-electron chi connectivity index (χ4n) is 1.50. The molecular weight excluding hydrogens is 401 g/mol. The Morgan fingerprint density at radius 1 is 1.53 bits per heavy atom. The van der Waals surface area contributed by atoms with E-state index in [4.69, 9.17) is 16.7 Å². The molecule has 8 heteroatoms. The van der Waals surface area contributed by atoms with Crippen LogP contribution in [-0.4, -0.2) is 31.6 Å². The molecule has 19 heavy (non-hydrogen) atoms. The van der Waals surface area contributed by atoms with Crippen LogP contribution < -0.4 is 0 Å². The maximum absolute atomic E-state index is 10.6. The standard InChI is InChI=1S/C11H9ClIN3O2S/c1-6-14-15-11(19-5-10(17)18)16(6)9-3-2-7(12)4-8(9)13/h2-4H,5H2,1H3,(H,17,18). The Balaban J connectivity index is 2.43. The van der Waals surface area contributed by atoms with Gasteiger partial charge >= 0.3 is 5.97 Å². The van der Waals surface area contributed by atoms with E-state index in [1.54, 1.807) is 6.07 Å². The average Bonchev–Trinajstić information content (AvgIpc) is 2.68. The molecule has 0 aliphatic carbocycles. The highest BCUT2D eigenvalue weighted by atomic mass is 127. The maximum Gasteiger partial charge on any atom is 0.313 e. The molecule has 0 spiro atoms. The first kappa shape index (κ1) is 14.6. The molecule has 2 aromatic rings. The van der Waals surface area contributed by atoms with Crippen molar-refractivity contribution in [2.45, 2.75) is 12.1 Å². The molecule has 0 amide bonds. The van der Waals surface area contributed by atoms with Crippen molar-refractivity contribution in [3.8, 4) is 5.69 Å². The minimum absolute atomic E-state index is 0.0533. The van der Waals surface area contributed by atoms with E-state index in [1.807, 2.05) is 23.6 Å². The van der Waals surface area contributed by atoms with Crippen molar-refractivity contribution in [2.75, 3.05) is 5.75 Å². The van der Waals surface area contributed by atoms with Gasteiger partial charge in [0.1, 0.15) is 5.82 Å². The molecule has 1 heterocycles. The van der Waals surface area contributed by atoms with Crippen LogP contribution in [0.15, 0.2) is 23.4 Å². The van der Waals surface area contributed by atoms with Gasteiger partial charge in [0.2, 0.25) is 0 Å². The van der Waals surface area contributed by atoms with Crippen molar-refractivity contribution in [3.05, 3.63) is 32.6 Å². The van der Waals surface area contributed by atoms with Gasteiger partial charge in [-0.05, 0) is 47.7 Å². The number of rotatable bonds is 4. The first-order valence-electron chi connectivity index (χ1n) is 5.21. The molecule has 5 nitrogen and oxygen atoms in total. The lowest BCUT2D eigenvalue weighted by atomic mass is 10.3. The van der Waals surface area contributed by atoms with Crippen molar-refractivity contribution in [2.24, 2.45) is 0 Å². The SMILES string of the molecule is Cc1nnc(SCC(=O)O)n1-c1ccc(Cl)cc1I. The van der Waals surface area contributed by atoms with Crippen molar-refractivity contribution < 1.29 is 9.90 Å². The zero-order chi connectivity index (χ0) is 14.0. The molecule has 2 rings (SSSR count). The Hall–Kier alpha value is -0.800. The third-order valence-corrected chi connectivity index (χ3v) is 4.28. The number of carbonyl (C=O) groups is 1. The van der Waals surface area contributed by atoms with Gasteiger partial charge in [0.25, 0.3) is 0 Å². The van der Waals surface area contributed by atoms with Gasteiger partial charge in [0.15, 0.2) is 5.16 Å².